The molecule has 0 saturated carbocycles. The van der Waals surface area contributed by atoms with Crippen LogP contribution in [0.1, 0.15) is 310 Å². The largest absolute Gasteiger partial charge is 0.462 e. The maximum atomic E-state index is 12.8. The van der Waals surface area contributed by atoms with E-state index in [-0.39, 0.29) is 31.1 Å². The molecule has 0 amide bonds. The van der Waals surface area contributed by atoms with E-state index in [1.165, 1.54) is 199 Å². The first-order valence-corrected chi connectivity index (χ1v) is 29.0. The van der Waals surface area contributed by atoms with Gasteiger partial charge in [0.05, 0.1) is 0 Å². The van der Waals surface area contributed by atoms with Crippen LogP contribution in [0.15, 0.2) is 36.5 Å². The molecular weight excluding hydrogens is 817 g/mol. The van der Waals surface area contributed by atoms with Gasteiger partial charge in [-0.15, -0.1) is 0 Å². The number of allylic oxidation sites excluding steroid dienone is 6. The summed E-state index contributed by atoms with van der Waals surface area (Å²) in [4.78, 5) is 38.1. The fourth-order valence-electron chi connectivity index (χ4n) is 8.62. The van der Waals surface area contributed by atoms with Crippen LogP contribution in [-0.2, 0) is 28.6 Å². The summed E-state index contributed by atoms with van der Waals surface area (Å²) >= 11 is 0. The molecule has 0 aromatic carbocycles. The molecule has 0 rings (SSSR count). The maximum Gasteiger partial charge on any atom is 0.306 e. The molecule has 66 heavy (non-hydrogen) atoms. The van der Waals surface area contributed by atoms with Crippen molar-refractivity contribution in [2.45, 2.75) is 316 Å². The Balaban J connectivity index is 4.31. The molecule has 1 atom stereocenters. The molecule has 0 aromatic heterocycles. The number of esters is 3. The van der Waals surface area contributed by atoms with Crippen molar-refractivity contribution in [3.63, 3.8) is 0 Å². The van der Waals surface area contributed by atoms with Crippen molar-refractivity contribution in [2.24, 2.45) is 0 Å². The van der Waals surface area contributed by atoms with Crippen LogP contribution in [-0.4, -0.2) is 37.2 Å². The Bertz CT molecular complexity index is 1110. The highest BCUT2D eigenvalue weighted by Crippen LogP contribution is 2.17. The summed E-state index contributed by atoms with van der Waals surface area (Å²) in [5.41, 5.74) is 0. The van der Waals surface area contributed by atoms with Crippen molar-refractivity contribution in [1.82, 2.24) is 0 Å². The molecule has 6 nitrogen and oxygen atoms in total. The third kappa shape index (κ3) is 52.6. The summed E-state index contributed by atoms with van der Waals surface area (Å²) in [5, 5.41) is 0. The van der Waals surface area contributed by atoms with Gasteiger partial charge < -0.3 is 14.2 Å². The number of ether oxygens (including phenoxy) is 3. The second-order valence-corrected chi connectivity index (χ2v) is 19.6. The Labute approximate surface area is 410 Å². The molecule has 0 aliphatic heterocycles. The molecule has 0 aliphatic rings. The smallest absolute Gasteiger partial charge is 0.306 e. The fraction of sp³-hybridized carbons (Fsp3) is 0.850. The molecule has 0 aliphatic carbocycles. The van der Waals surface area contributed by atoms with Gasteiger partial charge in [0.1, 0.15) is 13.2 Å². The molecule has 386 valence electrons. The molecule has 0 radical (unpaired) electrons. The maximum absolute atomic E-state index is 12.8. The Hall–Kier alpha value is -2.37. The molecular formula is C60H110O6. The predicted octanol–water partition coefficient (Wildman–Crippen LogP) is 19.3. The highest BCUT2D eigenvalue weighted by Gasteiger charge is 2.19. The van der Waals surface area contributed by atoms with E-state index >= 15 is 0 Å². The van der Waals surface area contributed by atoms with Gasteiger partial charge in [0.15, 0.2) is 6.10 Å². The van der Waals surface area contributed by atoms with Crippen molar-refractivity contribution in [1.29, 1.82) is 0 Å². The lowest BCUT2D eigenvalue weighted by molar-refractivity contribution is -0.167. The minimum Gasteiger partial charge on any atom is -0.462 e. The van der Waals surface area contributed by atoms with Crippen molar-refractivity contribution in [2.75, 3.05) is 13.2 Å². The SMILES string of the molecule is CC\C=C/C=C\C=C/CCCCCCCCCC(=O)OC(COC(=O)CCCCCCCCCCCCCCCC)COC(=O)CCCCCCCCCCCCCCCCCCCCC. The van der Waals surface area contributed by atoms with E-state index < -0.39 is 6.10 Å². The van der Waals surface area contributed by atoms with E-state index in [0.29, 0.717) is 19.3 Å². The number of unbranched alkanes of at least 4 members (excludes halogenated alkanes) is 38. The first-order valence-electron chi connectivity index (χ1n) is 29.0. The van der Waals surface area contributed by atoms with Crippen LogP contribution in [0.4, 0.5) is 0 Å². The van der Waals surface area contributed by atoms with E-state index in [4.69, 9.17) is 14.2 Å². The minimum atomic E-state index is -0.774. The van der Waals surface area contributed by atoms with Crippen molar-refractivity contribution >= 4 is 17.9 Å². The van der Waals surface area contributed by atoms with Crippen LogP contribution in [0.2, 0.25) is 0 Å². The quantitative estimate of drug-likeness (QED) is 0.0262. The zero-order chi connectivity index (χ0) is 47.9. The van der Waals surface area contributed by atoms with Crippen LogP contribution >= 0.6 is 0 Å². The van der Waals surface area contributed by atoms with Gasteiger partial charge in [0, 0.05) is 19.3 Å². The second-order valence-electron chi connectivity index (χ2n) is 19.6. The Morgan fingerprint density at radius 3 is 0.909 bits per heavy atom. The second kappa shape index (κ2) is 55.2. The minimum absolute atomic E-state index is 0.0722. The highest BCUT2D eigenvalue weighted by molar-refractivity contribution is 5.71. The van der Waals surface area contributed by atoms with Gasteiger partial charge in [0.25, 0.3) is 0 Å². The van der Waals surface area contributed by atoms with Gasteiger partial charge in [-0.25, -0.2) is 0 Å². The Morgan fingerprint density at radius 2 is 0.591 bits per heavy atom. The monoisotopic (exact) mass is 927 g/mol. The van der Waals surface area contributed by atoms with E-state index in [9.17, 15) is 14.4 Å². The van der Waals surface area contributed by atoms with Gasteiger partial charge >= 0.3 is 17.9 Å². The van der Waals surface area contributed by atoms with Crippen molar-refractivity contribution in [3.05, 3.63) is 36.5 Å². The summed E-state index contributed by atoms with van der Waals surface area (Å²) in [7, 11) is 0. The molecule has 0 saturated heterocycles. The standard InChI is InChI=1S/C60H110O6/c1-4-7-10-13-16-19-22-25-28-29-30-31-33-35-38-41-44-47-50-53-59(62)65-56-57(55-64-58(61)52-49-46-43-40-37-34-27-24-21-18-15-12-9-6-3)66-60(63)54-51-48-45-42-39-36-32-26-23-20-17-14-11-8-5-2/h8,11,14,17,20,23,57H,4-7,9-10,12-13,15-16,18-19,21-22,24-56H2,1-3H3/b11-8-,17-14-,23-20-. The predicted molar refractivity (Wildman–Crippen MR) is 284 cm³/mol. The summed E-state index contributed by atoms with van der Waals surface area (Å²) < 4.78 is 16.9. The number of hydrogen-bond acceptors (Lipinski definition) is 6. The van der Waals surface area contributed by atoms with Crippen LogP contribution in [0, 0.1) is 0 Å². The van der Waals surface area contributed by atoms with E-state index in [1.807, 2.05) is 0 Å². The lowest BCUT2D eigenvalue weighted by Crippen LogP contribution is -2.30. The number of rotatable bonds is 53. The molecule has 0 N–H and O–H groups in total. The highest BCUT2D eigenvalue weighted by atomic mass is 16.6. The van der Waals surface area contributed by atoms with Gasteiger partial charge in [0.2, 0.25) is 0 Å². The van der Waals surface area contributed by atoms with Gasteiger partial charge in [-0.2, -0.15) is 0 Å². The average Bonchev–Trinajstić information content (AvgIpc) is 3.31. The first kappa shape index (κ1) is 63.6. The third-order valence-electron chi connectivity index (χ3n) is 13.0. The molecule has 0 fully saturated rings. The summed E-state index contributed by atoms with van der Waals surface area (Å²) in [6, 6.07) is 0. The van der Waals surface area contributed by atoms with Crippen molar-refractivity contribution < 1.29 is 28.6 Å². The lowest BCUT2D eigenvalue weighted by atomic mass is 10.0. The molecule has 0 spiro atoms. The van der Waals surface area contributed by atoms with Crippen LogP contribution < -0.4 is 0 Å². The lowest BCUT2D eigenvalue weighted by Gasteiger charge is -2.18. The van der Waals surface area contributed by atoms with Gasteiger partial charge in [-0.3, -0.25) is 14.4 Å². The Morgan fingerprint density at radius 1 is 0.318 bits per heavy atom. The fourth-order valence-corrected chi connectivity index (χ4v) is 8.62. The average molecular weight is 928 g/mol. The van der Waals surface area contributed by atoms with Crippen LogP contribution in [0.5, 0.6) is 0 Å². The van der Waals surface area contributed by atoms with Gasteiger partial charge in [-0.05, 0) is 38.5 Å². The number of hydrogen-bond donors (Lipinski definition) is 0. The summed E-state index contributed by atoms with van der Waals surface area (Å²) in [5.74, 6) is -0.864. The number of carbonyl (C=O) groups excluding carboxylic acids is 3. The normalized spacial score (nSPS) is 12.2. The summed E-state index contributed by atoms with van der Waals surface area (Å²) in [6.45, 7) is 6.55. The van der Waals surface area contributed by atoms with Gasteiger partial charge in [-0.1, -0.05) is 288 Å². The Kier molecular flexibility index (Phi) is 53.2. The molecule has 1 unspecified atom stereocenters. The zero-order valence-electron chi connectivity index (χ0n) is 44.2. The van der Waals surface area contributed by atoms with Crippen molar-refractivity contribution in [3.8, 4) is 0 Å². The van der Waals surface area contributed by atoms with E-state index in [0.717, 1.165) is 70.6 Å². The van der Waals surface area contributed by atoms with Crippen LogP contribution in [0.25, 0.3) is 0 Å². The first-order chi connectivity index (χ1) is 32.5. The molecule has 0 aromatic rings. The zero-order valence-corrected chi connectivity index (χ0v) is 44.2. The molecule has 6 heteroatoms. The molecule has 0 heterocycles. The summed E-state index contributed by atoms with van der Waals surface area (Å²) in [6.07, 6.45) is 65.6. The van der Waals surface area contributed by atoms with Crippen LogP contribution in [0.3, 0.4) is 0 Å². The van der Waals surface area contributed by atoms with E-state index in [1.54, 1.807) is 0 Å². The van der Waals surface area contributed by atoms with E-state index in [2.05, 4.69) is 57.2 Å². The molecule has 0 bridgehead atoms. The number of carbonyl (C=O) groups is 3. The topological polar surface area (TPSA) is 78.9 Å². The third-order valence-corrected chi connectivity index (χ3v) is 13.0.